The molecule has 0 aliphatic carbocycles. The van der Waals surface area contributed by atoms with Gasteiger partial charge in [0.25, 0.3) is 0 Å². The standard InChI is InChI=1S/C14H17N3O2/c1-4-19-14(18)11(9-15)10-16-12-6-5-7-13(8-12)17(2)3/h5-8,10-11H,4H2,1-3H3. The van der Waals surface area contributed by atoms with Crippen LogP contribution in [0.3, 0.4) is 0 Å². The first-order valence-electron chi connectivity index (χ1n) is 5.96. The van der Waals surface area contributed by atoms with Crippen LogP contribution >= 0.6 is 0 Å². The maximum absolute atomic E-state index is 11.4. The summed E-state index contributed by atoms with van der Waals surface area (Å²) < 4.78 is 4.78. The summed E-state index contributed by atoms with van der Waals surface area (Å²) in [5, 5.41) is 8.89. The normalized spacial score (nSPS) is 11.9. The molecule has 0 aliphatic rings. The van der Waals surface area contributed by atoms with E-state index in [1.54, 1.807) is 6.92 Å². The molecule has 0 saturated carbocycles. The number of nitriles is 1. The molecule has 0 N–H and O–H groups in total. The van der Waals surface area contributed by atoms with E-state index in [1.807, 2.05) is 49.3 Å². The van der Waals surface area contributed by atoms with E-state index in [1.165, 1.54) is 6.21 Å². The van der Waals surface area contributed by atoms with Crippen molar-refractivity contribution in [1.29, 1.82) is 5.26 Å². The van der Waals surface area contributed by atoms with Crippen LogP contribution in [0.15, 0.2) is 29.3 Å². The molecule has 5 nitrogen and oxygen atoms in total. The van der Waals surface area contributed by atoms with Crippen molar-refractivity contribution in [3.63, 3.8) is 0 Å². The molecule has 0 aromatic heterocycles. The second-order valence-electron chi connectivity index (χ2n) is 4.05. The van der Waals surface area contributed by atoms with E-state index in [4.69, 9.17) is 10.00 Å². The fourth-order valence-electron chi connectivity index (χ4n) is 1.39. The molecule has 1 unspecified atom stereocenters. The van der Waals surface area contributed by atoms with Gasteiger partial charge in [-0.05, 0) is 25.1 Å². The third-order valence-electron chi connectivity index (χ3n) is 2.40. The zero-order chi connectivity index (χ0) is 14.3. The van der Waals surface area contributed by atoms with Crippen LogP contribution in [0.1, 0.15) is 6.92 Å². The van der Waals surface area contributed by atoms with Crippen molar-refractivity contribution in [1.82, 2.24) is 0 Å². The second kappa shape index (κ2) is 7.17. The summed E-state index contributed by atoms with van der Waals surface area (Å²) in [6, 6.07) is 9.36. The molecule has 1 rings (SSSR count). The average molecular weight is 259 g/mol. The van der Waals surface area contributed by atoms with Gasteiger partial charge in [-0.1, -0.05) is 6.07 Å². The smallest absolute Gasteiger partial charge is 0.328 e. The Kier molecular flexibility index (Phi) is 5.55. The predicted molar refractivity (Wildman–Crippen MR) is 74.7 cm³/mol. The fourth-order valence-corrected chi connectivity index (χ4v) is 1.39. The number of anilines is 1. The van der Waals surface area contributed by atoms with E-state index in [9.17, 15) is 4.79 Å². The highest BCUT2D eigenvalue weighted by Gasteiger charge is 2.16. The summed E-state index contributed by atoms with van der Waals surface area (Å²) in [6.45, 7) is 1.95. The Morgan fingerprint density at radius 3 is 2.89 bits per heavy atom. The van der Waals surface area contributed by atoms with Crippen molar-refractivity contribution >= 4 is 23.6 Å². The van der Waals surface area contributed by atoms with E-state index in [0.717, 1.165) is 5.69 Å². The van der Waals surface area contributed by atoms with Gasteiger partial charge in [0.15, 0.2) is 5.92 Å². The zero-order valence-electron chi connectivity index (χ0n) is 11.3. The molecule has 0 saturated heterocycles. The monoisotopic (exact) mass is 259 g/mol. The van der Waals surface area contributed by atoms with Gasteiger partial charge in [0, 0.05) is 26.0 Å². The van der Waals surface area contributed by atoms with Gasteiger partial charge in [-0.25, -0.2) is 0 Å². The third kappa shape index (κ3) is 4.43. The molecule has 19 heavy (non-hydrogen) atoms. The van der Waals surface area contributed by atoms with Crippen molar-refractivity contribution in [3.8, 4) is 6.07 Å². The first-order valence-corrected chi connectivity index (χ1v) is 5.96. The van der Waals surface area contributed by atoms with Crippen LogP contribution < -0.4 is 4.90 Å². The van der Waals surface area contributed by atoms with Gasteiger partial charge >= 0.3 is 5.97 Å². The highest BCUT2D eigenvalue weighted by molar-refractivity contribution is 5.93. The predicted octanol–water partition coefficient (Wildman–Crippen LogP) is 2.16. The lowest BCUT2D eigenvalue weighted by atomic mass is 10.2. The van der Waals surface area contributed by atoms with Crippen LogP contribution in [-0.2, 0) is 9.53 Å². The van der Waals surface area contributed by atoms with E-state index >= 15 is 0 Å². The first-order chi connectivity index (χ1) is 9.08. The van der Waals surface area contributed by atoms with Gasteiger partial charge < -0.3 is 9.64 Å². The van der Waals surface area contributed by atoms with Crippen LogP contribution in [-0.4, -0.2) is 32.9 Å². The Morgan fingerprint density at radius 1 is 1.58 bits per heavy atom. The number of rotatable bonds is 5. The van der Waals surface area contributed by atoms with Crippen molar-refractivity contribution in [2.24, 2.45) is 10.9 Å². The van der Waals surface area contributed by atoms with E-state index in [0.29, 0.717) is 5.69 Å². The molecular weight excluding hydrogens is 242 g/mol. The summed E-state index contributed by atoms with van der Waals surface area (Å²) in [4.78, 5) is 17.5. The lowest BCUT2D eigenvalue weighted by Gasteiger charge is -2.12. The fraction of sp³-hybridized carbons (Fsp3) is 0.357. The molecule has 0 aliphatic heterocycles. The maximum atomic E-state index is 11.4. The average Bonchev–Trinajstić information content (AvgIpc) is 2.40. The molecule has 0 spiro atoms. The van der Waals surface area contributed by atoms with Crippen molar-refractivity contribution in [2.75, 3.05) is 25.6 Å². The molecule has 0 fully saturated rings. The van der Waals surface area contributed by atoms with E-state index < -0.39 is 11.9 Å². The number of hydrogen-bond acceptors (Lipinski definition) is 5. The summed E-state index contributed by atoms with van der Waals surface area (Å²) >= 11 is 0. The highest BCUT2D eigenvalue weighted by atomic mass is 16.5. The topological polar surface area (TPSA) is 65.7 Å². The molecule has 1 atom stereocenters. The molecular formula is C14H17N3O2. The Labute approximate surface area is 113 Å². The van der Waals surface area contributed by atoms with Crippen LogP contribution in [0.25, 0.3) is 0 Å². The molecule has 1 aromatic rings. The van der Waals surface area contributed by atoms with Gasteiger partial charge in [0.05, 0.1) is 18.4 Å². The Morgan fingerprint density at radius 2 is 2.32 bits per heavy atom. The number of nitrogens with zero attached hydrogens (tertiary/aromatic N) is 3. The minimum atomic E-state index is -0.969. The van der Waals surface area contributed by atoms with Gasteiger partial charge in [-0.2, -0.15) is 5.26 Å². The van der Waals surface area contributed by atoms with Crippen LogP contribution in [0.2, 0.25) is 0 Å². The van der Waals surface area contributed by atoms with Crippen LogP contribution in [0, 0.1) is 17.2 Å². The van der Waals surface area contributed by atoms with E-state index in [2.05, 4.69) is 4.99 Å². The number of aliphatic imine (C=N–C) groups is 1. The number of ether oxygens (including phenoxy) is 1. The number of carbonyl (C=O) groups is 1. The van der Waals surface area contributed by atoms with Gasteiger partial charge in [-0.15, -0.1) is 0 Å². The summed E-state index contributed by atoms with van der Waals surface area (Å²) in [6.07, 6.45) is 1.31. The third-order valence-corrected chi connectivity index (χ3v) is 2.40. The molecule has 0 radical (unpaired) electrons. The lowest BCUT2D eigenvalue weighted by molar-refractivity contribution is -0.143. The molecule has 1 aromatic carbocycles. The van der Waals surface area contributed by atoms with Crippen molar-refractivity contribution < 1.29 is 9.53 Å². The number of benzene rings is 1. The van der Waals surface area contributed by atoms with Crippen LogP contribution in [0.4, 0.5) is 11.4 Å². The number of carbonyl (C=O) groups excluding carboxylic acids is 1. The molecule has 0 amide bonds. The van der Waals surface area contributed by atoms with Gasteiger partial charge in [-0.3, -0.25) is 9.79 Å². The quantitative estimate of drug-likeness (QED) is 0.600. The van der Waals surface area contributed by atoms with Gasteiger partial charge in [0.1, 0.15) is 0 Å². The summed E-state index contributed by atoms with van der Waals surface area (Å²) in [5.74, 6) is -1.54. The Hall–Kier alpha value is -2.35. The summed E-state index contributed by atoms with van der Waals surface area (Å²) in [5.41, 5.74) is 1.69. The van der Waals surface area contributed by atoms with Crippen molar-refractivity contribution in [3.05, 3.63) is 24.3 Å². The van der Waals surface area contributed by atoms with E-state index in [-0.39, 0.29) is 6.61 Å². The SMILES string of the molecule is CCOC(=O)C(C#N)C=Nc1cccc(N(C)C)c1. The Bertz CT molecular complexity index is 504. The number of hydrogen-bond donors (Lipinski definition) is 0. The maximum Gasteiger partial charge on any atom is 0.328 e. The molecule has 100 valence electrons. The molecule has 0 bridgehead atoms. The first kappa shape index (κ1) is 14.7. The minimum Gasteiger partial charge on any atom is -0.465 e. The van der Waals surface area contributed by atoms with Crippen molar-refractivity contribution in [2.45, 2.75) is 6.92 Å². The largest absolute Gasteiger partial charge is 0.465 e. The Balaban J connectivity index is 2.83. The lowest BCUT2D eigenvalue weighted by Crippen LogP contribution is -2.17. The summed E-state index contributed by atoms with van der Waals surface area (Å²) in [7, 11) is 3.86. The molecule has 5 heteroatoms. The molecule has 0 heterocycles. The van der Waals surface area contributed by atoms with Gasteiger partial charge in [0.2, 0.25) is 0 Å². The highest BCUT2D eigenvalue weighted by Crippen LogP contribution is 2.19. The minimum absolute atomic E-state index is 0.251. The van der Waals surface area contributed by atoms with Crippen LogP contribution in [0.5, 0.6) is 0 Å². The number of esters is 1. The zero-order valence-corrected chi connectivity index (χ0v) is 11.3. The second-order valence-corrected chi connectivity index (χ2v) is 4.05.